The van der Waals surface area contributed by atoms with Gasteiger partial charge in [-0.2, -0.15) is 18.3 Å². The number of urea groups is 1. The average molecular weight is 539 g/mol. The fourth-order valence-electron chi connectivity index (χ4n) is 3.77. The Balaban J connectivity index is 1.38. The third-order valence-electron chi connectivity index (χ3n) is 5.80. The van der Waals surface area contributed by atoms with E-state index in [1.807, 2.05) is 24.3 Å². The zero-order chi connectivity index (χ0) is 28.2. The molecule has 4 aromatic rings. The number of methoxy groups -OCH3 is 1. The van der Waals surface area contributed by atoms with Gasteiger partial charge in [-0.05, 0) is 66.6 Å². The number of anilines is 4. The number of nitrogens with two attached hydrogens (primary N) is 1. The number of nitrogen functional groups attached to an aromatic ring is 1. The highest BCUT2D eigenvalue weighted by Crippen LogP contribution is 2.30. The highest BCUT2D eigenvalue weighted by molar-refractivity contribution is 6.07. The SMILES string of the molecule is COc1ccc(Cn2ncc(NC(=O)c3ccc(NC(=O)Nc4cccc(C(F)(F)F)c4)cc3C)c2N)cc1. The first-order valence-electron chi connectivity index (χ1n) is 11.6. The number of rotatable bonds is 7. The van der Waals surface area contributed by atoms with E-state index in [1.54, 1.807) is 24.8 Å². The quantitative estimate of drug-likeness (QED) is 0.239. The zero-order valence-electron chi connectivity index (χ0n) is 21.0. The van der Waals surface area contributed by atoms with Crippen LogP contribution in [0.2, 0.25) is 0 Å². The van der Waals surface area contributed by atoms with E-state index in [-0.39, 0.29) is 11.5 Å². The molecule has 0 saturated heterocycles. The molecule has 0 spiro atoms. The molecule has 3 aromatic carbocycles. The van der Waals surface area contributed by atoms with Crippen LogP contribution in [-0.2, 0) is 12.7 Å². The lowest BCUT2D eigenvalue weighted by Gasteiger charge is -2.12. The fourth-order valence-corrected chi connectivity index (χ4v) is 3.77. The number of amides is 3. The Hall–Kier alpha value is -5.00. The number of alkyl halides is 3. The second-order valence-corrected chi connectivity index (χ2v) is 8.59. The van der Waals surface area contributed by atoms with Gasteiger partial charge in [0.1, 0.15) is 17.3 Å². The minimum absolute atomic E-state index is 0.0137. The first-order chi connectivity index (χ1) is 18.5. The van der Waals surface area contributed by atoms with Gasteiger partial charge in [0.25, 0.3) is 5.91 Å². The van der Waals surface area contributed by atoms with Gasteiger partial charge in [-0.25, -0.2) is 9.48 Å². The number of aryl methyl sites for hydroxylation is 1. The normalized spacial score (nSPS) is 11.1. The smallest absolute Gasteiger partial charge is 0.416 e. The molecule has 0 atom stereocenters. The standard InChI is InChI=1S/C27H25F3N6O3/c1-16-12-20(34-26(38)33-19-5-3-4-18(13-19)27(28,29)30)8-11-22(16)25(37)35-23-14-32-36(24(23)31)15-17-6-9-21(39-2)10-7-17/h3-14H,15,31H2,1-2H3,(H,35,37)(H2,33,34,38). The van der Waals surface area contributed by atoms with Gasteiger partial charge in [0.05, 0.1) is 25.4 Å². The predicted molar refractivity (Wildman–Crippen MR) is 142 cm³/mol. The van der Waals surface area contributed by atoms with Crippen molar-refractivity contribution in [1.29, 1.82) is 0 Å². The van der Waals surface area contributed by atoms with Crippen molar-refractivity contribution >= 4 is 34.8 Å². The minimum atomic E-state index is -4.53. The van der Waals surface area contributed by atoms with Crippen LogP contribution in [-0.4, -0.2) is 28.8 Å². The van der Waals surface area contributed by atoms with Crippen LogP contribution in [0.4, 0.5) is 40.8 Å². The van der Waals surface area contributed by atoms with E-state index >= 15 is 0 Å². The minimum Gasteiger partial charge on any atom is -0.497 e. The Kier molecular flexibility index (Phi) is 7.75. The molecule has 1 heterocycles. The Morgan fingerprint density at radius 1 is 0.974 bits per heavy atom. The van der Waals surface area contributed by atoms with Crippen molar-refractivity contribution in [3.05, 3.63) is 95.2 Å². The summed E-state index contributed by atoms with van der Waals surface area (Å²) >= 11 is 0. The number of hydrogen-bond donors (Lipinski definition) is 4. The van der Waals surface area contributed by atoms with Crippen LogP contribution < -0.4 is 26.4 Å². The summed E-state index contributed by atoms with van der Waals surface area (Å²) in [6.45, 7) is 2.08. The number of halogens is 3. The summed E-state index contributed by atoms with van der Waals surface area (Å²) in [7, 11) is 1.59. The number of carbonyl (C=O) groups excluding carboxylic acids is 2. The summed E-state index contributed by atoms with van der Waals surface area (Å²) in [6.07, 6.45) is -3.07. The van der Waals surface area contributed by atoms with Gasteiger partial charge < -0.3 is 26.4 Å². The van der Waals surface area contributed by atoms with Crippen LogP contribution >= 0.6 is 0 Å². The van der Waals surface area contributed by atoms with Crippen molar-refractivity contribution < 1.29 is 27.5 Å². The molecule has 0 unspecified atom stereocenters. The van der Waals surface area contributed by atoms with Gasteiger partial charge in [0.15, 0.2) is 0 Å². The van der Waals surface area contributed by atoms with E-state index in [0.717, 1.165) is 23.4 Å². The van der Waals surface area contributed by atoms with Crippen LogP contribution in [0.1, 0.15) is 27.0 Å². The Bertz CT molecular complexity index is 1500. The zero-order valence-corrected chi connectivity index (χ0v) is 21.0. The largest absolute Gasteiger partial charge is 0.497 e. The topological polar surface area (TPSA) is 123 Å². The molecular weight excluding hydrogens is 513 g/mol. The highest BCUT2D eigenvalue weighted by atomic mass is 19.4. The van der Waals surface area contributed by atoms with E-state index in [2.05, 4.69) is 21.0 Å². The molecule has 39 heavy (non-hydrogen) atoms. The summed E-state index contributed by atoms with van der Waals surface area (Å²) < 4.78 is 45.4. The van der Waals surface area contributed by atoms with Gasteiger partial charge in [0.2, 0.25) is 0 Å². The van der Waals surface area contributed by atoms with Crippen molar-refractivity contribution in [1.82, 2.24) is 9.78 Å². The highest BCUT2D eigenvalue weighted by Gasteiger charge is 2.30. The molecule has 1 aromatic heterocycles. The second kappa shape index (κ2) is 11.2. The first-order valence-corrected chi connectivity index (χ1v) is 11.6. The molecule has 0 aliphatic rings. The van der Waals surface area contributed by atoms with Crippen molar-refractivity contribution in [3.63, 3.8) is 0 Å². The molecule has 9 nitrogen and oxygen atoms in total. The lowest BCUT2D eigenvalue weighted by atomic mass is 10.1. The monoisotopic (exact) mass is 538 g/mol. The van der Waals surface area contributed by atoms with Crippen LogP contribution in [0.5, 0.6) is 5.75 Å². The number of benzene rings is 3. The summed E-state index contributed by atoms with van der Waals surface area (Å²) in [4.78, 5) is 25.2. The summed E-state index contributed by atoms with van der Waals surface area (Å²) in [5.74, 6) is 0.581. The Morgan fingerprint density at radius 2 is 1.67 bits per heavy atom. The van der Waals surface area contributed by atoms with Crippen LogP contribution in [0.15, 0.2) is 72.9 Å². The number of ether oxygens (including phenoxy) is 1. The molecule has 3 amide bonds. The molecule has 0 bridgehead atoms. The second-order valence-electron chi connectivity index (χ2n) is 8.59. The third kappa shape index (κ3) is 6.66. The van der Waals surface area contributed by atoms with E-state index in [9.17, 15) is 22.8 Å². The van der Waals surface area contributed by atoms with E-state index in [4.69, 9.17) is 10.5 Å². The van der Waals surface area contributed by atoms with Gasteiger partial charge in [-0.15, -0.1) is 0 Å². The van der Waals surface area contributed by atoms with Gasteiger partial charge >= 0.3 is 12.2 Å². The van der Waals surface area contributed by atoms with Gasteiger partial charge in [-0.3, -0.25) is 4.79 Å². The Morgan fingerprint density at radius 3 is 2.31 bits per heavy atom. The number of carbonyl (C=O) groups is 2. The first kappa shape index (κ1) is 27.0. The number of aromatic nitrogens is 2. The maximum absolute atomic E-state index is 12.9. The van der Waals surface area contributed by atoms with Crippen molar-refractivity contribution in [3.8, 4) is 5.75 Å². The fraction of sp³-hybridized carbons (Fsp3) is 0.148. The lowest BCUT2D eigenvalue weighted by molar-refractivity contribution is -0.137. The molecular formula is C27H25F3N6O3. The molecule has 0 radical (unpaired) electrons. The number of nitrogens with one attached hydrogen (secondary N) is 3. The molecule has 0 aliphatic heterocycles. The van der Waals surface area contributed by atoms with E-state index in [1.165, 1.54) is 30.5 Å². The molecule has 0 fully saturated rings. The molecule has 202 valence electrons. The van der Waals surface area contributed by atoms with Gasteiger partial charge in [-0.1, -0.05) is 18.2 Å². The van der Waals surface area contributed by atoms with Gasteiger partial charge in [0, 0.05) is 16.9 Å². The van der Waals surface area contributed by atoms with Crippen LogP contribution in [0.25, 0.3) is 0 Å². The summed E-state index contributed by atoms with van der Waals surface area (Å²) in [6, 6.07) is 15.6. The summed E-state index contributed by atoms with van der Waals surface area (Å²) in [5, 5.41) is 11.9. The molecule has 4 rings (SSSR count). The lowest BCUT2D eigenvalue weighted by Crippen LogP contribution is -2.20. The van der Waals surface area contributed by atoms with Crippen LogP contribution in [0.3, 0.4) is 0 Å². The van der Waals surface area contributed by atoms with E-state index in [0.29, 0.717) is 29.0 Å². The third-order valence-corrected chi connectivity index (χ3v) is 5.80. The maximum Gasteiger partial charge on any atom is 0.416 e. The van der Waals surface area contributed by atoms with E-state index < -0.39 is 23.7 Å². The maximum atomic E-state index is 12.9. The van der Waals surface area contributed by atoms with Crippen molar-refractivity contribution in [2.75, 3.05) is 28.8 Å². The molecule has 5 N–H and O–H groups in total. The molecule has 12 heteroatoms. The number of nitrogens with zero attached hydrogens (tertiary/aromatic N) is 2. The van der Waals surface area contributed by atoms with Crippen molar-refractivity contribution in [2.24, 2.45) is 0 Å². The molecule has 0 aliphatic carbocycles. The summed E-state index contributed by atoms with van der Waals surface area (Å²) in [5.41, 5.74) is 7.82. The van der Waals surface area contributed by atoms with Crippen molar-refractivity contribution in [2.45, 2.75) is 19.6 Å². The van der Waals surface area contributed by atoms with Crippen LogP contribution in [0, 0.1) is 6.92 Å². The number of hydrogen-bond acceptors (Lipinski definition) is 5. The Labute approximate surface area is 221 Å². The average Bonchev–Trinajstić information content (AvgIpc) is 3.22. The molecule has 0 saturated carbocycles. The predicted octanol–water partition coefficient (Wildman–Crippen LogP) is 5.75.